The van der Waals surface area contributed by atoms with Gasteiger partial charge in [-0.3, -0.25) is 8.98 Å². The number of amides is 1. The summed E-state index contributed by atoms with van der Waals surface area (Å²) < 4.78 is 43.0. The number of hydrogen-bond donors (Lipinski definition) is 2. The Balaban J connectivity index is 4.67. The summed E-state index contributed by atoms with van der Waals surface area (Å²) in [4.78, 5) is 34.2. The minimum Gasteiger partial charge on any atom is -0.435 e. The SMILES string of the molecule is CCOC(=O)OC(CC)OC(=O)[C@H](O)C(C)(C)COS(=O)(=O)CCCNC(C)=O. The van der Waals surface area contributed by atoms with Crippen molar-refractivity contribution in [3.05, 3.63) is 0 Å². The number of nitrogens with one attached hydrogen (secondary N) is 1. The van der Waals surface area contributed by atoms with Crippen molar-refractivity contribution < 1.29 is 46.3 Å². The van der Waals surface area contributed by atoms with Crippen LogP contribution in [-0.4, -0.2) is 69.5 Å². The molecule has 29 heavy (non-hydrogen) atoms. The van der Waals surface area contributed by atoms with Crippen LogP contribution in [-0.2, 0) is 38.1 Å². The number of aliphatic hydroxyl groups is 1. The summed E-state index contributed by atoms with van der Waals surface area (Å²) in [6.07, 6.45) is -3.75. The molecule has 0 spiro atoms. The molecule has 170 valence electrons. The smallest absolute Gasteiger partial charge is 0.435 e. The first-order chi connectivity index (χ1) is 13.3. The van der Waals surface area contributed by atoms with E-state index in [0.29, 0.717) is 0 Å². The summed E-state index contributed by atoms with van der Waals surface area (Å²) in [6.45, 7) is 7.08. The quantitative estimate of drug-likeness (QED) is 0.181. The van der Waals surface area contributed by atoms with Gasteiger partial charge >= 0.3 is 12.1 Å². The van der Waals surface area contributed by atoms with Gasteiger partial charge < -0.3 is 24.6 Å². The molecular weight excluding hydrogens is 410 g/mol. The van der Waals surface area contributed by atoms with E-state index in [0.717, 1.165) is 0 Å². The normalized spacial score (nSPS) is 13.9. The minimum atomic E-state index is -3.92. The van der Waals surface area contributed by atoms with Crippen LogP contribution in [0.15, 0.2) is 0 Å². The van der Waals surface area contributed by atoms with Gasteiger partial charge in [-0.2, -0.15) is 8.42 Å². The van der Waals surface area contributed by atoms with Gasteiger partial charge in [0, 0.05) is 25.3 Å². The molecule has 2 N–H and O–H groups in total. The Bertz CT molecular complexity index is 647. The molecule has 0 aliphatic rings. The molecular formula is C17H31NO10S. The van der Waals surface area contributed by atoms with Crippen LogP contribution < -0.4 is 5.32 Å². The van der Waals surface area contributed by atoms with Gasteiger partial charge in [-0.25, -0.2) is 9.59 Å². The standard InChI is InChI=1S/C17H31NO10S/c1-6-13(28-16(22)25-7-2)27-15(21)14(20)17(4,5)11-26-29(23,24)10-8-9-18-12(3)19/h13-14,20H,6-11H2,1-5H3,(H,18,19)/t13?,14-/m0/s1. The fraction of sp³-hybridized carbons (Fsp3) is 0.824. The maximum Gasteiger partial charge on any atom is 0.511 e. The van der Waals surface area contributed by atoms with E-state index < -0.39 is 46.7 Å². The lowest BCUT2D eigenvalue weighted by molar-refractivity contribution is -0.187. The van der Waals surface area contributed by atoms with E-state index in [4.69, 9.17) is 13.7 Å². The second kappa shape index (κ2) is 12.6. The van der Waals surface area contributed by atoms with Crippen LogP contribution in [0.2, 0.25) is 0 Å². The highest BCUT2D eigenvalue weighted by molar-refractivity contribution is 7.86. The first-order valence-corrected chi connectivity index (χ1v) is 10.8. The number of hydrogen-bond acceptors (Lipinski definition) is 10. The molecule has 0 aromatic carbocycles. The van der Waals surface area contributed by atoms with Crippen LogP contribution in [0.5, 0.6) is 0 Å². The third-order valence-electron chi connectivity index (χ3n) is 3.59. The fourth-order valence-electron chi connectivity index (χ4n) is 1.86. The number of rotatable bonds is 13. The maximum absolute atomic E-state index is 12.1. The van der Waals surface area contributed by atoms with E-state index in [-0.39, 0.29) is 37.7 Å². The molecule has 0 rings (SSSR count). The fourth-order valence-corrected chi connectivity index (χ4v) is 2.95. The van der Waals surface area contributed by atoms with Crippen LogP contribution in [0.4, 0.5) is 4.79 Å². The molecule has 0 aliphatic carbocycles. The van der Waals surface area contributed by atoms with Crippen LogP contribution in [0.3, 0.4) is 0 Å². The monoisotopic (exact) mass is 441 g/mol. The summed E-state index contributed by atoms with van der Waals surface area (Å²) in [6, 6.07) is 0. The van der Waals surface area contributed by atoms with Crippen molar-refractivity contribution in [2.24, 2.45) is 5.41 Å². The van der Waals surface area contributed by atoms with E-state index in [2.05, 4.69) is 10.1 Å². The number of carbonyl (C=O) groups is 3. The van der Waals surface area contributed by atoms with Crippen molar-refractivity contribution in [1.29, 1.82) is 0 Å². The Kier molecular flexibility index (Phi) is 11.8. The molecule has 0 aromatic heterocycles. The van der Waals surface area contributed by atoms with Gasteiger partial charge in [0.05, 0.1) is 19.0 Å². The van der Waals surface area contributed by atoms with Gasteiger partial charge in [0.1, 0.15) is 0 Å². The zero-order valence-corrected chi connectivity index (χ0v) is 18.2. The van der Waals surface area contributed by atoms with Crippen LogP contribution in [0.1, 0.15) is 47.5 Å². The van der Waals surface area contributed by atoms with Gasteiger partial charge in [0.25, 0.3) is 16.4 Å². The molecule has 0 bridgehead atoms. The summed E-state index contributed by atoms with van der Waals surface area (Å²) in [5, 5.41) is 12.7. The lowest BCUT2D eigenvalue weighted by Gasteiger charge is -2.29. The number of esters is 1. The zero-order valence-electron chi connectivity index (χ0n) is 17.4. The highest BCUT2D eigenvalue weighted by Gasteiger charge is 2.38. The Morgan fingerprint density at radius 2 is 1.76 bits per heavy atom. The predicted octanol–water partition coefficient (Wildman–Crippen LogP) is 0.699. The molecule has 2 atom stereocenters. The van der Waals surface area contributed by atoms with Crippen molar-refractivity contribution >= 4 is 28.1 Å². The molecule has 1 unspecified atom stereocenters. The van der Waals surface area contributed by atoms with Crippen molar-refractivity contribution in [1.82, 2.24) is 5.32 Å². The number of aliphatic hydroxyl groups excluding tert-OH is 1. The minimum absolute atomic E-state index is 0.0789. The van der Waals surface area contributed by atoms with Crippen LogP contribution >= 0.6 is 0 Å². The van der Waals surface area contributed by atoms with Gasteiger partial charge in [-0.15, -0.1) is 0 Å². The van der Waals surface area contributed by atoms with Crippen molar-refractivity contribution in [2.45, 2.75) is 59.9 Å². The van der Waals surface area contributed by atoms with Gasteiger partial charge in [0.2, 0.25) is 5.91 Å². The Hall–Kier alpha value is -1.92. The Morgan fingerprint density at radius 1 is 1.14 bits per heavy atom. The summed E-state index contributed by atoms with van der Waals surface area (Å²) >= 11 is 0. The highest BCUT2D eigenvalue weighted by atomic mass is 32.2. The lowest BCUT2D eigenvalue weighted by atomic mass is 9.88. The molecule has 0 saturated heterocycles. The van der Waals surface area contributed by atoms with Crippen molar-refractivity contribution in [3.8, 4) is 0 Å². The third-order valence-corrected chi connectivity index (χ3v) is 4.86. The van der Waals surface area contributed by atoms with E-state index in [9.17, 15) is 27.9 Å². The van der Waals surface area contributed by atoms with E-state index in [1.807, 2.05) is 0 Å². The summed E-state index contributed by atoms with van der Waals surface area (Å²) in [5.74, 6) is -1.71. The Morgan fingerprint density at radius 3 is 2.28 bits per heavy atom. The van der Waals surface area contributed by atoms with Crippen molar-refractivity contribution in [3.63, 3.8) is 0 Å². The molecule has 12 heteroatoms. The van der Waals surface area contributed by atoms with Crippen molar-refractivity contribution in [2.75, 3.05) is 25.5 Å². The highest BCUT2D eigenvalue weighted by Crippen LogP contribution is 2.24. The topological polar surface area (TPSA) is 155 Å². The molecule has 11 nitrogen and oxygen atoms in total. The first kappa shape index (κ1) is 27.1. The molecule has 1 amide bonds. The molecule has 0 fully saturated rings. The average molecular weight is 441 g/mol. The van der Waals surface area contributed by atoms with Gasteiger partial charge in [-0.1, -0.05) is 20.8 Å². The van der Waals surface area contributed by atoms with E-state index in [1.165, 1.54) is 20.8 Å². The molecule has 0 heterocycles. The van der Waals surface area contributed by atoms with E-state index in [1.54, 1.807) is 13.8 Å². The van der Waals surface area contributed by atoms with Gasteiger partial charge in [-0.05, 0) is 13.3 Å². The summed E-state index contributed by atoms with van der Waals surface area (Å²) in [7, 11) is -3.92. The first-order valence-electron chi connectivity index (χ1n) is 9.18. The second-order valence-corrected chi connectivity index (χ2v) is 8.59. The van der Waals surface area contributed by atoms with Crippen LogP contribution in [0.25, 0.3) is 0 Å². The zero-order chi connectivity index (χ0) is 22.7. The number of ether oxygens (including phenoxy) is 3. The Labute approximate surface area is 171 Å². The lowest BCUT2D eigenvalue weighted by Crippen LogP contribution is -2.43. The predicted molar refractivity (Wildman–Crippen MR) is 101 cm³/mol. The maximum atomic E-state index is 12.1. The second-order valence-electron chi connectivity index (χ2n) is 6.83. The molecule has 0 saturated carbocycles. The average Bonchev–Trinajstić information content (AvgIpc) is 2.62. The molecule has 0 aromatic rings. The van der Waals surface area contributed by atoms with Crippen LogP contribution in [0, 0.1) is 5.41 Å². The molecule has 0 radical (unpaired) electrons. The molecule has 0 aliphatic heterocycles. The number of carbonyl (C=O) groups excluding carboxylic acids is 3. The van der Waals surface area contributed by atoms with Gasteiger partial charge in [0.15, 0.2) is 6.10 Å². The summed E-state index contributed by atoms with van der Waals surface area (Å²) in [5.41, 5.74) is -1.32. The van der Waals surface area contributed by atoms with E-state index >= 15 is 0 Å². The largest absolute Gasteiger partial charge is 0.511 e. The third kappa shape index (κ3) is 11.6.